The number of methoxy groups -OCH3 is 1. The highest BCUT2D eigenvalue weighted by Crippen LogP contribution is 2.30. The smallest absolute Gasteiger partial charge is 0.256 e. The predicted octanol–water partition coefficient (Wildman–Crippen LogP) is 6.23. The van der Waals surface area contributed by atoms with Gasteiger partial charge >= 0.3 is 0 Å². The fraction of sp³-hybridized carbons (Fsp3) is 0.192. The summed E-state index contributed by atoms with van der Waals surface area (Å²) in [5.41, 5.74) is 2.01. The van der Waals surface area contributed by atoms with Gasteiger partial charge in [0, 0.05) is 27.3 Å². The van der Waals surface area contributed by atoms with Gasteiger partial charge in [-0.2, -0.15) is 0 Å². The molecule has 4 rings (SSSR count). The quantitative estimate of drug-likeness (QED) is 0.330. The maximum atomic E-state index is 13.6. The monoisotopic (exact) mass is 561 g/mol. The molecule has 0 spiro atoms. The highest BCUT2D eigenvalue weighted by molar-refractivity contribution is 7.80. The zero-order chi connectivity index (χ0) is 25.8. The molecule has 1 atom stereocenters. The van der Waals surface area contributed by atoms with E-state index in [1.807, 2.05) is 6.07 Å². The second kappa shape index (κ2) is 11.5. The number of benzene rings is 3. The number of hydrogen-bond acceptors (Lipinski definition) is 4. The van der Waals surface area contributed by atoms with Gasteiger partial charge in [0.05, 0.1) is 19.2 Å². The van der Waals surface area contributed by atoms with Crippen molar-refractivity contribution in [2.24, 2.45) is 0 Å². The molecule has 10 heteroatoms. The van der Waals surface area contributed by atoms with E-state index >= 15 is 0 Å². The minimum absolute atomic E-state index is 0.0908. The summed E-state index contributed by atoms with van der Waals surface area (Å²) < 4.78 is 5.22. The van der Waals surface area contributed by atoms with Crippen LogP contribution in [0.1, 0.15) is 12.0 Å². The van der Waals surface area contributed by atoms with Crippen LogP contribution in [0.4, 0.5) is 11.4 Å². The van der Waals surface area contributed by atoms with Crippen LogP contribution in [-0.2, 0) is 16.0 Å². The van der Waals surface area contributed by atoms with Crippen LogP contribution in [0, 0.1) is 0 Å². The van der Waals surface area contributed by atoms with Gasteiger partial charge in [-0.15, -0.1) is 0 Å². The molecule has 1 heterocycles. The minimum atomic E-state index is -0.787. The van der Waals surface area contributed by atoms with E-state index in [1.54, 1.807) is 72.7 Å². The maximum Gasteiger partial charge on any atom is 0.256 e. The number of anilines is 2. The average Bonchev–Trinajstić information content (AvgIpc) is 3.07. The largest absolute Gasteiger partial charge is 0.497 e. The number of carbonyl (C=O) groups excluding carboxylic acids is 2. The van der Waals surface area contributed by atoms with Crippen molar-refractivity contribution in [1.29, 1.82) is 0 Å². The molecule has 1 saturated heterocycles. The van der Waals surface area contributed by atoms with Crippen LogP contribution in [0.15, 0.2) is 66.7 Å². The number of halogens is 3. The van der Waals surface area contributed by atoms with Crippen LogP contribution in [0.2, 0.25) is 15.1 Å². The Bertz CT molecular complexity index is 1300. The molecule has 186 valence electrons. The Morgan fingerprint density at radius 1 is 1.03 bits per heavy atom. The third-order valence-electron chi connectivity index (χ3n) is 5.77. The molecule has 2 amide bonds. The Labute approximate surface area is 229 Å². The fourth-order valence-corrected chi connectivity index (χ4v) is 5.08. The summed E-state index contributed by atoms with van der Waals surface area (Å²) in [6, 6.07) is 18.3. The topological polar surface area (TPSA) is 61.9 Å². The highest BCUT2D eigenvalue weighted by Gasteiger charge is 2.44. The lowest BCUT2D eigenvalue weighted by Gasteiger charge is -2.24. The zero-order valence-corrected chi connectivity index (χ0v) is 22.3. The van der Waals surface area contributed by atoms with Crippen molar-refractivity contribution in [2.75, 3.05) is 23.9 Å². The summed E-state index contributed by atoms with van der Waals surface area (Å²) in [5, 5.41) is 4.69. The minimum Gasteiger partial charge on any atom is -0.497 e. The van der Waals surface area contributed by atoms with Gasteiger partial charge in [-0.1, -0.05) is 46.9 Å². The molecule has 1 N–H and O–H groups in total. The van der Waals surface area contributed by atoms with Crippen molar-refractivity contribution in [2.45, 2.75) is 18.9 Å². The summed E-state index contributed by atoms with van der Waals surface area (Å²) in [6.45, 7) is 0.383. The van der Waals surface area contributed by atoms with Crippen LogP contribution in [0.5, 0.6) is 5.75 Å². The Morgan fingerprint density at radius 3 is 2.42 bits per heavy atom. The third-order valence-corrected chi connectivity index (χ3v) is 7.01. The molecule has 1 aliphatic heterocycles. The summed E-state index contributed by atoms with van der Waals surface area (Å²) >= 11 is 24.1. The SMILES string of the molecule is COc1ccc(N2C(=O)[C@@H](CC(=O)Nc3cccc(Cl)c3)N(CCc3ccc(Cl)cc3Cl)C2=S)cc1. The van der Waals surface area contributed by atoms with Crippen molar-refractivity contribution in [1.82, 2.24) is 4.90 Å². The lowest BCUT2D eigenvalue weighted by molar-refractivity contribution is -0.124. The van der Waals surface area contributed by atoms with Gasteiger partial charge < -0.3 is 15.0 Å². The Kier molecular flexibility index (Phi) is 8.36. The molecule has 6 nitrogen and oxygen atoms in total. The Balaban J connectivity index is 1.58. The van der Waals surface area contributed by atoms with Gasteiger partial charge in [0.1, 0.15) is 11.8 Å². The molecule has 1 aliphatic rings. The van der Waals surface area contributed by atoms with Crippen molar-refractivity contribution in [3.8, 4) is 5.75 Å². The second-order valence-corrected chi connectivity index (χ2v) is 9.76. The molecule has 0 unspecified atom stereocenters. The van der Waals surface area contributed by atoms with E-state index in [-0.39, 0.29) is 18.2 Å². The first-order valence-electron chi connectivity index (χ1n) is 11.0. The standard InChI is InChI=1S/C26H22Cl3N3O3S/c1-35-21-9-7-20(8-10-21)32-25(34)23(15-24(33)30-19-4-2-3-17(27)13-19)31(26(32)36)12-11-16-5-6-18(28)14-22(16)29/h2-10,13-14,23H,11-12,15H2,1H3,(H,30,33)/t23-/m1/s1. The number of ether oxygens (including phenoxy) is 1. The van der Waals surface area contributed by atoms with Gasteiger partial charge in [0.25, 0.3) is 5.91 Å². The van der Waals surface area contributed by atoms with E-state index in [9.17, 15) is 9.59 Å². The van der Waals surface area contributed by atoms with Crippen LogP contribution >= 0.6 is 47.0 Å². The molecule has 0 saturated carbocycles. The van der Waals surface area contributed by atoms with Crippen molar-refractivity contribution in [3.05, 3.63) is 87.4 Å². The zero-order valence-electron chi connectivity index (χ0n) is 19.2. The number of nitrogens with one attached hydrogen (secondary N) is 1. The highest BCUT2D eigenvalue weighted by atomic mass is 35.5. The Hall–Kier alpha value is -2.84. The van der Waals surface area contributed by atoms with E-state index < -0.39 is 6.04 Å². The lowest BCUT2D eigenvalue weighted by atomic mass is 10.1. The van der Waals surface area contributed by atoms with Gasteiger partial charge in [-0.25, -0.2) is 0 Å². The van der Waals surface area contributed by atoms with Gasteiger partial charge in [-0.05, 0) is 78.8 Å². The first-order chi connectivity index (χ1) is 17.3. The molecule has 0 aromatic heterocycles. The molecule has 36 heavy (non-hydrogen) atoms. The molecule has 3 aromatic carbocycles. The number of hydrogen-bond donors (Lipinski definition) is 1. The third kappa shape index (κ3) is 5.93. The van der Waals surface area contributed by atoms with Crippen molar-refractivity contribution >= 4 is 75.3 Å². The summed E-state index contributed by atoms with van der Waals surface area (Å²) in [7, 11) is 1.57. The Morgan fingerprint density at radius 2 is 1.75 bits per heavy atom. The molecule has 1 fully saturated rings. The number of carbonyl (C=O) groups is 2. The van der Waals surface area contributed by atoms with Crippen LogP contribution in [0.3, 0.4) is 0 Å². The van der Waals surface area contributed by atoms with E-state index in [1.165, 1.54) is 4.90 Å². The first-order valence-corrected chi connectivity index (χ1v) is 12.6. The number of amides is 2. The van der Waals surface area contributed by atoms with Crippen LogP contribution in [-0.4, -0.2) is 41.5 Å². The summed E-state index contributed by atoms with van der Waals surface area (Å²) in [6.07, 6.45) is 0.415. The van der Waals surface area contributed by atoms with E-state index in [0.29, 0.717) is 50.3 Å². The van der Waals surface area contributed by atoms with Crippen LogP contribution < -0.4 is 15.0 Å². The number of nitrogens with zero attached hydrogens (tertiary/aromatic N) is 2. The van der Waals surface area contributed by atoms with Crippen LogP contribution in [0.25, 0.3) is 0 Å². The molecule has 0 radical (unpaired) electrons. The van der Waals surface area contributed by atoms with Gasteiger partial charge in [-0.3, -0.25) is 14.5 Å². The molecule has 3 aromatic rings. The summed E-state index contributed by atoms with van der Waals surface area (Å²) in [4.78, 5) is 29.7. The van der Waals surface area contributed by atoms with Gasteiger partial charge in [0.2, 0.25) is 5.91 Å². The lowest BCUT2D eigenvalue weighted by Crippen LogP contribution is -2.39. The van der Waals surface area contributed by atoms with E-state index in [2.05, 4.69) is 5.32 Å². The number of thiocarbonyl (C=S) groups is 1. The number of rotatable bonds is 8. The fourth-order valence-electron chi connectivity index (χ4n) is 3.98. The molecular formula is C26H22Cl3N3O3S. The van der Waals surface area contributed by atoms with Crippen molar-refractivity contribution < 1.29 is 14.3 Å². The maximum absolute atomic E-state index is 13.6. The molecular weight excluding hydrogens is 541 g/mol. The first kappa shape index (κ1) is 26.2. The summed E-state index contributed by atoms with van der Waals surface area (Å²) in [5.74, 6) is 0.0427. The van der Waals surface area contributed by atoms with Crippen molar-refractivity contribution in [3.63, 3.8) is 0 Å². The predicted molar refractivity (Wildman–Crippen MR) is 148 cm³/mol. The van der Waals surface area contributed by atoms with Gasteiger partial charge in [0.15, 0.2) is 5.11 Å². The second-order valence-electron chi connectivity index (χ2n) is 8.11. The van der Waals surface area contributed by atoms with E-state index in [0.717, 1.165) is 5.56 Å². The normalized spacial score (nSPS) is 15.4. The average molecular weight is 563 g/mol. The van der Waals surface area contributed by atoms with E-state index in [4.69, 9.17) is 51.8 Å². The molecule has 0 bridgehead atoms. The molecule has 0 aliphatic carbocycles.